The fraction of sp³-hybridized carbons (Fsp3) is 0.378. The molecular formula is C45H49N13O19S2. The molecule has 0 radical (unpaired) electrons. The van der Waals surface area contributed by atoms with Crippen LogP contribution in [0.3, 0.4) is 0 Å². The first-order chi connectivity index (χ1) is 37.5. The molecule has 0 saturated carbocycles. The Hall–Kier alpha value is -7.90. The fourth-order valence-electron chi connectivity index (χ4n) is 8.36. The van der Waals surface area contributed by atoms with Crippen molar-refractivity contribution >= 4 is 90.2 Å². The topological polar surface area (TPSA) is 473 Å². The largest absolute Gasteiger partial charge is 0.465 e. The van der Waals surface area contributed by atoms with Gasteiger partial charge in [-0.2, -0.15) is 21.6 Å². The van der Waals surface area contributed by atoms with E-state index < -0.39 is 144 Å². The standard InChI is InChI=1S/C45H49N13O19S2/c1-73-44(67)22-5-3-4-21(9-22)26(60)6-7-30(62)56-79(71,72)75-16-29-34(64)36(66)43(77-29)58-19-51-32-38(47)54-39(55-41(32)58)24-10-23(11-25(12-24)45(68)74-2)27(61)8-20(15-59)13-52-78(69,70)53-14-28-33(63)35(65)42(76-28)57-18-50-31-37(46)48-17-49-40(31)57/h3-5,9-12,15,17-20,28-29,33-36,42-43,52-53,63-66H,6-8,13-14,16H2,1-2H3,(H,56,62)(H2,46,48,49)(H2,47,54,55)/t20?,28-,29-,33-,34-,35-,36-,42-,43-/m1/s1. The molecule has 1 amide bonds. The molecule has 4 aromatic heterocycles. The van der Waals surface area contributed by atoms with Crippen molar-refractivity contribution in [3.63, 3.8) is 0 Å². The Bertz CT molecular complexity index is 3580. The van der Waals surface area contributed by atoms with Gasteiger partial charge in [0.2, 0.25) is 5.91 Å². The van der Waals surface area contributed by atoms with E-state index in [2.05, 4.69) is 44.1 Å². The van der Waals surface area contributed by atoms with Crippen LogP contribution in [0, 0.1) is 5.92 Å². The number of aliphatic hydroxyl groups excluding tert-OH is 4. The van der Waals surface area contributed by atoms with Gasteiger partial charge < -0.3 is 55.6 Å². The number of carbonyl (C=O) groups excluding carboxylic acids is 6. The summed E-state index contributed by atoms with van der Waals surface area (Å²) in [5, 5.41) is 43.5. The van der Waals surface area contributed by atoms with Crippen LogP contribution in [-0.2, 0) is 53.2 Å². The summed E-state index contributed by atoms with van der Waals surface area (Å²) in [7, 11) is -7.10. The van der Waals surface area contributed by atoms with Crippen LogP contribution in [-0.4, -0.2) is 183 Å². The number of nitrogen functional groups attached to an aromatic ring is 2. The number of aliphatic hydroxyl groups is 4. The van der Waals surface area contributed by atoms with Gasteiger partial charge in [0.1, 0.15) is 60.3 Å². The van der Waals surface area contributed by atoms with Gasteiger partial charge in [0.05, 0.1) is 44.6 Å². The van der Waals surface area contributed by atoms with E-state index >= 15 is 0 Å². The van der Waals surface area contributed by atoms with Crippen molar-refractivity contribution in [3.8, 4) is 11.4 Å². The Kier molecular flexibility index (Phi) is 17.1. The minimum absolute atomic E-state index is 0.0222. The number of fused-ring (bicyclic) bond motifs is 2. The summed E-state index contributed by atoms with van der Waals surface area (Å²) in [6.45, 7) is -2.11. The Labute approximate surface area is 445 Å². The van der Waals surface area contributed by atoms with Crippen LogP contribution in [0.2, 0.25) is 0 Å². The van der Waals surface area contributed by atoms with Crippen molar-refractivity contribution < 1.29 is 89.2 Å². The van der Waals surface area contributed by atoms with E-state index in [-0.39, 0.29) is 67.6 Å². The number of anilines is 2. The van der Waals surface area contributed by atoms with E-state index in [4.69, 9.17) is 29.9 Å². The van der Waals surface area contributed by atoms with Gasteiger partial charge in [-0.3, -0.25) is 27.7 Å². The minimum Gasteiger partial charge on any atom is -0.465 e. The highest BCUT2D eigenvalue weighted by Gasteiger charge is 2.46. The van der Waals surface area contributed by atoms with Gasteiger partial charge in [-0.05, 0) is 30.3 Å². The molecular weight excluding hydrogens is 1090 g/mol. The fourth-order valence-corrected chi connectivity index (χ4v) is 10.0. The zero-order valence-electron chi connectivity index (χ0n) is 41.3. The third-order valence-electron chi connectivity index (χ3n) is 12.5. The van der Waals surface area contributed by atoms with Crippen LogP contribution in [0.5, 0.6) is 0 Å². The molecule has 2 aromatic carbocycles. The van der Waals surface area contributed by atoms with E-state index in [1.807, 2.05) is 0 Å². The second kappa shape index (κ2) is 23.6. The summed E-state index contributed by atoms with van der Waals surface area (Å²) in [6.07, 6.45) is -10.2. The van der Waals surface area contributed by atoms with E-state index in [9.17, 15) is 66.0 Å². The predicted octanol–water partition coefficient (Wildman–Crippen LogP) is -2.84. The molecule has 1 unspecified atom stereocenters. The highest BCUT2D eigenvalue weighted by Crippen LogP contribution is 2.35. The number of Topliss-reactive ketones (excluding diaryl/α,β-unsaturated/α-hetero) is 2. The maximum atomic E-state index is 13.8. The third kappa shape index (κ3) is 12.7. The molecule has 0 aliphatic carbocycles. The van der Waals surface area contributed by atoms with Gasteiger partial charge in [0, 0.05) is 55.0 Å². The second-order valence-corrected chi connectivity index (χ2v) is 20.6. The molecule has 8 rings (SSSR count). The number of nitrogens with two attached hydrogens (primary N) is 2. The Morgan fingerprint density at radius 2 is 1.33 bits per heavy atom. The number of imidazole rings is 2. The van der Waals surface area contributed by atoms with Crippen LogP contribution < -0.4 is 25.6 Å². The number of esters is 2. The summed E-state index contributed by atoms with van der Waals surface area (Å²) in [6, 6.07) is 9.12. The van der Waals surface area contributed by atoms with Gasteiger partial charge in [-0.25, -0.2) is 48.9 Å². The lowest BCUT2D eigenvalue weighted by Gasteiger charge is -2.17. The monoisotopic (exact) mass is 1140 g/mol. The van der Waals surface area contributed by atoms with Crippen LogP contribution in [0.1, 0.15) is 73.2 Å². The maximum absolute atomic E-state index is 13.8. The molecule has 34 heteroatoms. The zero-order valence-corrected chi connectivity index (χ0v) is 42.9. The van der Waals surface area contributed by atoms with Crippen LogP contribution in [0.25, 0.3) is 33.7 Å². The van der Waals surface area contributed by atoms with E-state index in [0.717, 1.165) is 37.5 Å². The number of hydrogen-bond donors (Lipinski definition) is 9. The third-order valence-corrected chi connectivity index (χ3v) is 14.5. The minimum atomic E-state index is -4.88. The Balaban J connectivity index is 0.898. The first-order valence-corrected chi connectivity index (χ1v) is 26.2. The van der Waals surface area contributed by atoms with Gasteiger partial charge in [0.15, 0.2) is 52.8 Å². The van der Waals surface area contributed by atoms with Gasteiger partial charge in [-0.15, -0.1) is 0 Å². The molecule has 0 bridgehead atoms. The van der Waals surface area contributed by atoms with Crippen molar-refractivity contribution in [1.29, 1.82) is 0 Å². The first kappa shape index (κ1) is 57.3. The van der Waals surface area contributed by atoms with E-state index in [1.54, 1.807) is 4.72 Å². The number of nitrogens with zero attached hydrogens (tertiary/aromatic N) is 8. The summed E-state index contributed by atoms with van der Waals surface area (Å²) < 4.78 is 85.9. The first-order valence-electron chi connectivity index (χ1n) is 23.4. The van der Waals surface area contributed by atoms with Crippen molar-refractivity contribution in [2.45, 2.75) is 68.3 Å². The summed E-state index contributed by atoms with van der Waals surface area (Å²) in [4.78, 5) is 101. The molecule has 11 N–H and O–H groups in total. The number of carbonyl (C=O) groups is 6. The molecule has 9 atom stereocenters. The molecule has 2 fully saturated rings. The molecule has 79 heavy (non-hydrogen) atoms. The number of ether oxygens (including phenoxy) is 4. The lowest BCUT2D eigenvalue weighted by atomic mass is 9.96. The number of rotatable bonds is 23. The van der Waals surface area contributed by atoms with Crippen molar-refractivity contribution in [2.24, 2.45) is 5.92 Å². The lowest BCUT2D eigenvalue weighted by molar-refractivity contribution is -0.119. The molecule has 32 nitrogen and oxygen atoms in total. The summed E-state index contributed by atoms with van der Waals surface area (Å²) in [5.41, 5.74) is 12.0. The molecule has 6 heterocycles. The van der Waals surface area contributed by atoms with Crippen molar-refractivity contribution in [2.75, 3.05) is 45.4 Å². The number of amides is 1. The van der Waals surface area contributed by atoms with Gasteiger partial charge in [-0.1, -0.05) is 12.1 Å². The molecule has 0 spiro atoms. The Morgan fingerprint density at radius 3 is 2.01 bits per heavy atom. The van der Waals surface area contributed by atoms with Crippen LogP contribution in [0.15, 0.2) is 61.4 Å². The number of benzene rings is 2. The highest BCUT2D eigenvalue weighted by atomic mass is 32.2. The molecule has 2 aliphatic rings. The van der Waals surface area contributed by atoms with Gasteiger partial charge in [0.25, 0.3) is 10.2 Å². The van der Waals surface area contributed by atoms with E-state index in [0.29, 0.717) is 6.29 Å². The zero-order chi connectivity index (χ0) is 57.1. The highest BCUT2D eigenvalue weighted by molar-refractivity contribution is 7.87. The normalized spacial score (nSPS) is 21.7. The maximum Gasteiger partial charge on any atom is 0.362 e. The second-order valence-electron chi connectivity index (χ2n) is 17.7. The van der Waals surface area contributed by atoms with Crippen LogP contribution in [0.4, 0.5) is 11.6 Å². The number of aldehydes is 1. The lowest BCUT2D eigenvalue weighted by Crippen LogP contribution is -2.45. The summed E-state index contributed by atoms with van der Waals surface area (Å²) >= 11 is 0. The van der Waals surface area contributed by atoms with Gasteiger partial charge >= 0.3 is 22.2 Å². The quantitative estimate of drug-likeness (QED) is 0.0177. The average molecular weight is 1140 g/mol. The number of aromatic nitrogens is 8. The predicted molar refractivity (Wildman–Crippen MR) is 266 cm³/mol. The summed E-state index contributed by atoms with van der Waals surface area (Å²) in [5.74, 6) is -5.84. The number of hydrogen-bond acceptors (Lipinski definition) is 27. The smallest absolute Gasteiger partial charge is 0.362 e. The molecule has 2 saturated heterocycles. The molecule has 420 valence electrons. The average Bonchev–Trinajstić information content (AvgIpc) is 4.28. The Morgan fingerprint density at radius 1 is 0.722 bits per heavy atom. The van der Waals surface area contributed by atoms with Crippen molar-refractivity contribution in [3.05, 3.63) is 83.7 Å². The number of ketones is 2. The SMILES string of the molecule is COC(=O)c1cccc(C(=O)CCC(=O)NS(=O)(=O)OC[C@H]2O[C@@H](n3cnc4c(N)nc(-c5cc(C(=O)CC(C=O)CNS(=O)(=O)NC[C@H]6O[C@@H](n7cnc8c(N)ncnc87)[C@H](O)[C@@H]6O)cc(C(=O)OC)c5)nc43)[C@H](O)[C@@H]2O)c1. The number of methoxy groups -OCH3 is 2. The number of nitrogens with one attached hydrogen (secondary N) is 3. The molecule has 2 aliphatic heterocycles. The van der Waals surface area contributed by atoms with E-state index in [1.165, 1.54) is 47.3 Å². The van der Waals surface area contributed by atoms with Crippen molar-refractivity contribution in [1.82, 2.24) is 53.2 Å². The van der Waals surface area contributed by atoms with Crippen LogP contribution >= 0.6 is 0 Å². The molecule has 6 aromatic rings.